The molecule has 2 atom stereocenters. The SMILES string of the molecule is Cc1cscc1CN1CC(C)NCC1c1ccccc1. The lowest BCUT2D eigenvalue weighted by Crippen LogP contribution is -2.50. The van der Waals surface area contributed by atoms with Gasteiger partial charge in [-0.25, -0.2) is 0 Å². The molecule has 0 aliphatic carbocycles. The van der Waals surface area contributed by atoms with Gasteiger partial charge in [0.15, 0.2) is 0 Å². The molecular weight excluding hydrogens is 264 g/mol. The fourth-order valence-corrected chi connectivity index (χ4v) is 3.78. The van der Waals surface area contributed by atoms with Crippen LogP contribution in [0.4, 0.5) is 0 Å². The molecule has 0 saturated carbocycles. The summed E-state index contributed by atoms with van der Waals surface area (Å²) >= 11 is 1.81. The van der Waals surface area contributed by atoms with Crippen molar-refractivity contribution in [3.05, 3.63) is 57.8 Å². The van der Waals surface area contributed by atoms with E-state index in [9.17, 15) is 0 Å². The van der Waals surface area contributed by atoms with Gasteiger partial charge in [0, 0.05) is 31.7 Å². The Balaban J connectivity index is 1.82. The van der Waals surface area contributed by atoms with Crippen molar-refractivity contribution in [3.8, 4) is 0 Å². The largest absolute Gasteiger partial charge is 0.311 e. The molecule has 1 fully saturated rings. The van der Waals surface area contributed by atoms with Gasteiger partial charge in [0.1, 0.15) is 0 Å². The van der Waals surface area contributed by atoms with Crippen molar-refractivity contribution in [2.24, 2.45) is 0 Å². The number of thiophene rings is 1. The minimum Gasteiger partial charge on any atom is -0.311 e. The Morgan fingerprint density at radius 1 is 1.25 bits per heavy atom. The van der Waals surface area contributed by atoms with Crippen LogP contribution >= 0.6 is 11.3 Å². The van der Waals surface area contributed by atoms with Crippen LogP contribution in [-0.2, 0) is 6.54 Å². The predicted molar refractivity (Wildman–Crippen MR) is 86.1 cm³/mol. The van der Waals surface area contributed by atoms with Crippen LogP contribution in [0, 0.1) is 6.92 Å². The van der Waals surface area contributed by atoms with E-state index in [2.05, 4.69) is 65.2 Å². The molecule has 0 amide bonds. The molecule has 2 heterocycles. The number of nitrogens with one attached hydrogen (secondary N) is 1. The van der Waals surface area contributed by atoms with Crippen molar-refractivity contribution < 1.29 is 0 Å². The van der Waals surface area contributed by atoms with Crippen LogP contribution < -0.4 is 5.32 Å². The summed E-state index contributed by atoms with van der Waals surface area (Å²) in [6, 6.07) is 11.9. The molecule has 2 nitrogen and oxygen atoms in total. The number of hydrogen-bond acceptors (Lipinski definition) is 3. The number of hydrogen-bond donors (Lipinski definition) is 1. The maximum absolute atomic E-state index is 3.62. The second-order valence-electron chi connectivity index (χ2n) is 5.75. The highest BCUT2D eigenvalue weighted by Crippen LogP contribution is 2.27. The summed E-state index contributed by atoms with van der Waals surface area (Å²) in [6.45, 7) is 7.69. The lowest BCUT2D eigenvalue weighted by molar-refractivity contribution is 0.127. The zero-order valence-corrected chi connectivity index (χ0v) is 13.0. The van der Waals surface area contributed by atoms with Crippen molar-refractivity contribution in [1.82, 2.24) is 10.2 Å². The first-order valence-corrected chi connectivity index (χ1v) is 8.22. The van der Waals surface area contributed by atoms with Gasteiger partial charge in [-0.15, -0.1) is 0 Å². The molecule has 1 aliphatic heterocycles. The molecule has 2 aromatic rings. The summed E-state index contributed by atoms with van der Waals surface area (Å²) in [5.41, 5.74) is 4.32. The van der Waals surface area contributed by atoms with E-state index in [1.54, 1.807) is 0 Å². The molecule has 1 aliphatic rings. The Labute approximate surface area is 125 Å². The van der Waals surface area contributed by atoms with Gasteiger partial charge in [-0.2, -0.15) is 11.3 Å². The first kappa shape index (κ1) is 13.8. The van der Waals surface area contributed by atoms with Crippen LogP contribution in [0.2, 0.25) is 0 Å². The van der Waals surface area contributed by atoms with E-state index in [4.69, 9.17) is 0 Å². The van der Waals surface area contributed by atoms with Gasteiger partial charge in [-0.1, -0.05) is 30.3 Å². The summed E-state index contributed by atoms with van der Waals surface area (Å²) < 4.78 is 0. The number of rotatable bonds is 3. The molecule has 1 aromatic heterocycles. The molecule has 3 heteroatoms. The van der Waals surface area contributed by atoms with Crippen molar-refractivity contribution >= 4 is 11.3 Å². The van der Waals surface area contributed by atoms with E-state index in [1.165, 1.54) is 16.7 Å². The zero-order chi connectivity index (χ0) is 13.9. The van der Waals surface area contributed by atoms with Crippen molar-refractivity contribution in [3.63, 3.8) is 0 Å². The standard InChI is InChI=1S/C17H22N2S/c1-13-11-20-12-16(13)10-19-9-14(2)18-8-17(19)15-6-4-3-5-7-15/h3-7,11-12,14,17-18H,8-10H2,1-2H3. The summed E-state index contributed by atoms with van der Waals surface area (Å²) in [5, 5.41) is 8.16. The summed E-state index contributed by atoms with van der Waals surface area (Å²) in [4.78, 5) is 2.62. The third kappa shape index (κ3) is 2.95. The molecule has 2 unspecified atom stereocenters. The lowest BCUT2D eigenvalue weighted by atomic mass is 10.0. The second kappa shape index (κ2) is 6.08. The molecule has 1 aromatic carbocycles. The maximum atomic E-state index is 3.62. The van der Waals surface area contributed by atoms with E-state index in [1.807, 2.05) is 11.3 Å². The summed E-state index contributed by atoms with van der Waals surface area (Å²) in [7, 11) is 0. The molecular formula is C17H22N2S. The first-order chi connectivity index (χ1) is 9.74. The van der Waals surface area contributed by atoms with Gasteiger partial charge in [0.2, 0.25) is 0 Å². The van der Waals surface area contributed by atoms with Crippen LogP contribution in [0.25, 0.3) is 0 Å². The van der Waals surface area contributed by atoms with Gasteiger partial charge >= 0.3 is 0 Å². The Morgan fingerprint density at radius 2 is 2.05 bits per heavy atom. The second-order valence-corrected chi connectivity index (χ2v) is 6.49. The van der Waals surface area contributed by atoms with E-state index in [-0.39, 0.29) is 0 Å². The van der Waals surface area contributed by atoms with Crippen LogP contribution in [-0.4, -0.2) is 24.0 Å². The Bertz CT molecular complexity index is 549. The third-order valence-corrected chi connectivity index (χ3v) is 5.04. The number of benzene rings is 1. The maximum Gasteiger partial charge on any atom is 0.0476 e. The molecule has 3 rings (SSSR count). The number of nitrogens with zero attached hydrogens (tertiary/aromatic N) is 1. The fourth-order valence-electron chi connectivity index (χ4n) is 2.93. The molecule has 106 valence electrons. The smallest absolute Gasteiger partial charge is 0.0476 e. The topological polar surface area (TPSA) is 15.3 Å². The highest BCUT2D eigenvalue weighted by molar-refractivity contribution is 7.08. The van der Waals surface area contributed by atoms with Gasteiger partial charge < -0.3 is 5.32 Å². The molecule has 0 radical (unpaired) electrons. The average Bonchev–Trinajstić information content (AvgIpc) is 2.85. The third-order valence-electron chi connectivity index (χ3n) is 4.13. The van der Waals surface area contributed by atoms with Gasteiger partial charge in [0.05, 0.1) is 0 Å². The zero-order valence-electron chi connectivity index (χ0n) is 12.2. The first-order valence-electron chi connectivity index (χ1n) is 7.28. The molecule has 0 bridgehead atoms. The van der Waals surface area contributed by atoms with Crippen molar-refractivity contribution in [2.75, 3.05) is 13.1 Å². The highest BCUT2D eigenvalue weighted by Gasteiger charge is 2.27. The molecule has 1 saturated heterocycles. The summed E-state index contributed by atoms with van der Waals surface area (Å²) in [6.07, 6.45) is 0. The van der Waals surface area contributed by atoms with Crippen LogP contribution in [0.5, 0.6) is 0 Å². The normalized spacial score (nSPS) is 23.9. The van der Waals surface area contributed by atoms with Gasteiger partial charge in [0.25, 0.3) is 0 Å². The average molecular weight is 286 g/mol. The molecule has 1 N–H and O–H groups in total. The van der Waals surface area contributed by atoms with E-state index in [0.717, 1.165) is 19.6 Å². The van der Waals surface area contributed by atoms with E-state index in [0.29, 0.717) is 12.1 Å². The summed E-state index contributed by atoms with van der Waals surface area (Å²) in [5.74, 6) is 0. The van der Waals surface area contributed by atoms with Crippen LogP contribution in [0.3, 0.4) is 0 Å². The molecule has 20 heavy (non-hydrogen) atoms. The van der Waals surface area contributed by atoms with Gasteiger partial charge in [-0.3, -0.25) is 4.90 Å². The van der Waals surface area contributed by atoms with Gasteiger partial charge in [-0.05, 0) is 41.3 Å². The quantitative estimate of drug-likeness (QED) is 0.927. The van der Waals surface area contributed by atoms with E-state index >= 15 is 0 Å². The van der Waals surface area contributed by atoms with Crippen molar-refractivity contribution in [1.29, 1.82) is 0 Å². The van der Waals surface area contributed by atoms with Crippen LogP contribution in [0.1, 0.15) is 29.7 Å². The number of aryl methyl sites for hydroxylation is 1. The van der Waals surface area contributed by atoms with Crippen molar-refractivity contribution in [2.45, 2.75) is 32.5 Å². The Kier molecular flexibility index (Phi) is 4.20. The fraction of sp³-hybridized carbons (Fsp3) is 0.412. The van der Waals surface area contributed by atoms with Crippen LogP contribution in [0.15, 0.2) is 41.1 Å². The minimum atomic E-state index is 0.478. The Hall–Kier alpha value is -1.16. The number of piperazine rings is 1. The monoisotopic (exact) mass is 286 g/mol. The minimum absolute atomic E-state index is 0.478. The molecule has 0 spiro atoms. The van der Waals surface area contributed by atoms with E-state index < -0.39 is 0 Å². The Morgan fingerprint density at radius 3 is 2.75 bits per heavy atom. The highest BCUT2D eigenvalue weighted by atomic mass is 32.1. The predicted octanol–water partition coefficient (Wildman–Crippen LogP) is 3.59. The lowest BCUT2D eigenvalue weighted by Gasteiger charge is -2.39.